The van der Waals surface area contributed by atoms with Gasteiger partial charge in [0, 0.05) is 35.8 Å². The van der Waals surface area contributed by atoms with Gasteiger partial charge in [0.1, 0.15) is 11.9 Å². The zero-order chi connectivity index (χ0) is 25.0. The van der Waals surface area contributed by atoms with Gasteiger partial charge < -0.3 is 10.2 Å². The molecular weight excluding hydrogens is 483 g/mol. The Balaban J connectivity index is 1.84. The van der Waals surface area contributed by atoms with Gasteiger partial charge in [0.05, 0.1) is 5.75 Å². The summed E-state index contributed by atoms with van der Waals surface area (Å²) >= 11 is 7.52. The Morgan fingerprint density at radius 1 is 1.00 bits per heavy atom. The van der Waals surface area contributed by atoms with Crippen LogP contribution in [0.2, 0.25) is 5.02 Å². The predicted molar refractivity (Wildman–Crippen MR) is 142 cm³/mol. The highest BCUT2D eigenvalue weighted by Gasteiger charge is 2.30. The third-order valence-corrected chi connectivity index (χ3v) is 6.73. The van der Waals surface area contributed by atoms with E-state index in [4.69, 9.17) is 11.6 Å². The van der Waals surface area contributed by atoms with Crippen molar-refractivity contribution in [3.8, 4) is 0 Å². The highest BCUT2D eigenvalue weighted by Crippen LogP contribution is 2.20. The summed E-state index contributed by atoms with van der Waals surface area (Å²) in [6, 6.07) is 22.7. The topological polar surface area (TPSA) is 49.4 Å². The summed E-state index contributed by atoms with van der Waals surface area (Å²) in [6.07, 6.45) is 1.12. The molecule has 1 atom stereocenters. The van der Waals surface area contributed by atoms with Crippen molar-refractivity contribution in [2.75, 3.05) is 12.3 Å². The fourth-order valence-corrected chi connectivity index (χ4v) is 4.77. The van der Waals surface area contributed by atoms with Gasteiger partial charge in [-0.05, 0) is 35.7 Å². The second-order valence-electron chi connectivity index (χ2n) is 8.23. The van der Waals surface area contributed by atoms with Gasteiger partial charge >= 0.3 is 0 Å². The van der Waals surface area contributed by atoms with Crippen LogP contribution >= 0.6 is 23.4 Å². The Hall–Kier alpha value is -2.83. The molecule has 0 aliphatic carbocycles. The lowest BCUT2D eigenvalue weighted by Gasteiger charge is -2.31. The number of thioether (sulfide) groups is 1. The van der Waals surface area contributed by atoms with E-state index in [0.29, 0.717) is 29.3 Å². The zero-order valence-corrected chi connectivity index (χ0v) is 21.3. The third kappa shape index (κ3) is 8.41. The first kappa shape index (κ1) is 26.8. The molecule has 1 N–H and O–H groups in total. The van der Waals surface area contributed by atoms with Gasteiger partial charge in [0.15, 0.2) is 0 Å². The largest absolute Gasteiger partial charge is 0.354 e. The van der Waals surface area contributed by atoms with E-state index in [1.807, 2.05) is 55.5 Å². The first-order valence-electron chi connectivity index (χ1n) is 11.6. The van der Waals surface area contributed by atoms with Crippen LogP contribution in [0.4, 0.5) is 4.39 Å². The van der Waals surface area contributed by atoms with E-state index in [0.717, 1.165) is 17.5 Å². The van der Waals surface area contributed by atoms with Crippen LogP contribution in [0, 0.1) is 5.82 Å². The minimum Gasteiger partial charge on any atom is -0.354 e. The molecule has 3 rings (SSSR count). The summed E-state index contributed by atoms with van der Waals surface area (Å²) in [5.74, 6) is -0.0872. The molecule has 0 aliphatic heterocycles. The van der Waals surface area contributed by atoms with Crippen molar-refractivity contribution in [2.45, 2.75) is 38.1 Å². The Morgan fingerprint density at radius 2 is 1.71 bits per heavy atom. The molecule has 0 bridgehead atoms. The minimum absolute atomic E-state index is 0.0142. The number of amides is 2. The van der Waals surface area contributed by atoms with Crippen LogP contribution in [-0.4, -0.2) is 35.1 Å². The maximum Gasteiger partial charge on any atom is 0.243 e. The van der Waals surface area contributed by atoms with Gasteiger partial charge in [-0.1, -0.05) is 79.2 Å². The minimum atomic E-state index is -0.761. The molecule has 0 fully saturated rings. The summed E-state index contributed by atoms with van der Waals surface area (Å²) < 4.78 is 14.6. The smallest absolute Gasteiger partial charge is 0.243 e. The number of nitrogens with one attached hydrogen (secondary N) is 1. The summed E-state index contributed by atoms with van der Waals surface area (Å²) in [7, 11) is 0. The third-order valence-electron chi connectivity index (χ3n) is 5.50. The van der Waals surface area contributed by atoms with Crippen LogP contribution in [0.15, 0.2) is 78.9 Å². The van der Waals surface area contributed by atoms with Crippen molar-refractivity contribution in [3.05, 3.63) is 106 Å². The predicted octanol–water partition coefficient (Wildman–Crippen LogP) is 5.88. The van der Waals surface area contributed by atoms with Gasteiger partial charge in [-0.3, -0.25) is 9.59 Å². The number of carbonyl (C=O) groups excluding carboxylic acids is 2. The van der Waals surface area contributed by atoms with Gasteiger partial charge in [0.2, 0.25) is 11.8 Å². The van der Waals surface area contributed by atoms with Gasteiger partial charge in [-0.15, -0.1) is 11.8 Å². The van der Waals surface area contributed by atoms with E-state index in [-0.39, 0.29) is 24.1 Å². The number of rotatable bonds is 12. The maximum absolute atomic E-state index is 14.6. The molecular formula is C28H30ClFN2O2S. The van der Waals surface area contributed by atoms with Crippen LogP contribution in [0.1, 0.15) is 30.0 Å². The average molecular weight is 513 g/mol. The molecule has 0 unspecified atom stereocenters. The van der Waals surface area contributed by atoms with Crippen molar-refractivity contribution in [3.63, 3.8) is 0 Å². The monoisotopic (exact) mass is 512 g/mol. The summed E-state index contributed by atoms with van der Waals surface area (Å²) in [5.41, 5.74) is 2.32. The molecule has 0 aliphatic rings. The Morgan fingerprint density at radius 3 is 2.43 bits per heavy atom. The Labute approximate surface area is 215 Å². The van der Waals surface area contributed by atoms with Crippen LogP contribution in [0.5, 0.6) is 0 Å². The molecule has 2 amide bonds. The molecule has 184 valence electrons. The highest BCUT2D eigenvalue weighted by molar-refractivity contribution is 7.99. The molecule has 0 heterocycles. The molecule has 0 radical (unpaired) electrons. The maximum atomic E-state index is 14.6. The molecule has 3 aromatic rings. The number of nitrogens with zero attached hydrogens (tertiary/aromatic N) is 1. The highest BCUT2D eigenvalue weighted by atomic mass is 35.5. The van der Waals surface area contributed by atoms with Crippen LogP contribution in [-0.2, 0) is 28.3 Å². The SMILES string of the molecule is CCCNC(=O)[C@H](Cc1ccccc1)N(Cc1ccccc1F)C(=O)CSCc1cccc(Cl)c1. The van der Waals surface area contributed by atoms with Crippen LogP contribution in [0.3, 0.4) is 0 Å². The fourth-order valence-electron chi connectivity index (χ4n) is 3.70. The lowest BCUT2D eigenvalue weighted by atomic mass is 10.0. The van der Waals surface area contributed by atoms with E-state index < -0.39 is 11.9 Å². The van der Waals surface area contributed by atoms with E-state index in [1.165, 1.54) is 22.7 Å². The molecule has 7 heteroatoms. The van der Waals surface area contributed by atoms with E-state index in [1.54, 1.807) is 24.3 Å². The van der Waals surface area contributed by atoms with Crippen molar-refractivity contribution in [1.29, 1.82) is 0 Å². The number of benzene rings is 3. The number of hydrogen-bond donors (Lipinski definition) is 1. The quantitative estimate of drug-likeness (QED) is 0.330. The first-order chi connectivity index (χ1) is 17.0. The molecule has 0 aromatic heterocycles. The van der Waals surface area contributed by atoms with Crippen LogP contribution < -0.4 is 5.32 Å². The first-order valence-corrected chi connectivity index (χ1v) is 13.2. The molecule has 0 spiro atoms. The number of halogens is 2. The molecule has 4 nitrogen and oxygen atoms in total. The van der Waals surface area contributed by atoms with Gasteiger partial charge in [-0.25, -0.2) is 4.39 Å². The zero-order valence-electron chi connectivity index (χ0n) is 19.8. The molecule has 3 aromatic carbocycles. The normalized spacial score (nSPS) is 11.6. The number of carbonyl (C=O) groups is 2. The lowest BCUT2D eigenvalue weighted by molar-refractivity contribution is -0.139. The van der Waals surface area contributed by atoms with Crippen LogP contribution in [0.25, 0.3) is 0 Å². The Bertz CT molecular complexity index is 1110. The van der Waals surface area contributed by atoms with E-state index in [2.05, 4.69) is 5.32 Å². The summed E-state index contributed by atoms with van der Waals surface area (Å²) in [6.45, 7) is 2.50. The van der Waals surface area contributed by atoms with Gasteiger partial charge in [0.25, 0.3) is 0 Å². The number of hydrogen-bond acceptors (Lipinski definition) is 3. The van der Waals surface area contributed by atoms with Crippen molar-refractivity contribution in [2.24, 2.45) is 0 Å². The second-order valence-corrected chi connectivity index (χ2v) is 9.65. The van der Waals surface area contributed by atoms with Crippen molar-refractivity contribution < 1.29 is 14.0 Å². The molecule has 35 heavy (non-hydrogen) atoms. The van der Waals surface area contributed by atoms with Crippen molar-refractivity contribution >= 4 is 35.2 Å². The van der Waals surface area contributed by atoms with E-state index in [9.17, 15) is 14.0 Å². The van der Waals surface area contributed by atoms with Crippen molar-refractivity contribution in [1.82, 2.24) is 10.2 Å². The standard InChI is InChI=1S/C28H30ClFN2O2S/c1-2-15-31-28(34)26(17-21-9-4-3-5-10-21)32(18-23-12-6-7-14-25(23)30)27(33)20-35-19-22-11-8-13-24(29)16-22/h3-14,16,26H,2,15,17-20H2,1H3,(H,31,34)/t26-/m0/s1. The lowest BCUT2D eigenvalue weighted by Crippen LogP contribution is -2.51. The Kier molecular flexibility index (Phi) is 10.6. The summed E-state index contributed by atoms with van der Waals surface area (Å²) in [4.78, 5) is 28.3. The molecule has 0 saturated carbocycles. The molecule has 0 saturated heterocycles. The summed E-state index contributed by atoms with van der Waals surface area (Å²) in [5, 5.41) is 3.57. The fraction of sp³-hybridized carbons (Fsp3) is 0.286. The van der Waals surface area contributed by atoms with E-state index >= 15 is 0 Å². The average Bonchev–Trinajstić information content (AvgIpc) is 2.86. The van der Waals surface area contributed by atoms with Gasteiger partial charge in [-0.2, -0.15) is 0 Å². The second kappa shape index (κ2) is 13.9.